The molecule has 0 aliphatic carbocycles. The lowest BCUT2D eigenvalue weighted by atomic mass is 10.0. The molecule has 3 rings (SSSR count). The first-order valence-corrected chi connectivity index (χ1v) is 15.9. The van der Waals surface area contributed by atoms with Crippen LogP contribution in [0, 0.1) is 0 Å². The second kappa shape index (κ2) is 18.2. The average molecular weight is 571 g/mol. The van der Waals surface area contributed by atoms with E-state index in [9.17, 15) is 9.59 Å². The van der Waals surface area contributed by atoms with Crippen molar-refractivity contribution in [1.82, 2.24) is 9.80 Å². The normalized spacial score (nSPS) is 11.1. The second-order valence-corrected chi connectivity index (χ2v) is 11.4. The lowest BCUT2D eigenvalue weighted by Gasteiger charge is -2.28. The largest absolute Gasteiger partial charge is 0.481 e. The molecule has 5 heteroatoms. The Morgan fingerprint density at radius 1 is 0.595 bits per heavy atom. The van der Waals surface area contributed by atoms with E-state index in [1.807, 2.05) is 41.3 Å². The molecule has 0 saturated heterocycles. The number of aliphatic carboxylic acids is 1. The Morgan fingerprint density at radius 2 is 1.12 bits per heavy atom. The van der Waals surface area contributed by atoms with Crippen molar-refractivity contribution in [3.63, 3.8) is 0 Å². The number of unbranched alkanes of at least 4 members (excludes halogenated alkanes) is 4. The summed E-state index contributed by atoms with van der Waals surface area (Å²) in [5, 5.41) is 9.03. The van der Waals surface area contributed by atoms with E-state index in [1.54, 1.807) is 0 Å². The fraction of sp³-hybridized carbons (Fsp3) is 0.459. The number of hydrogen-bond donors (Lipinski definition) is 1. The van der Waals surface area contributed by atoms with E-state index in [0.29, 0.717) is 13.1 Å². The van der Waals surface area contributed by atoms with Gasteiger partial charge in [0.1, 0.15) is 0 Å². The van der Waals surface area contributed by atoms with Gasteiger partial charge in [-0.2, -0.15) is 0 Å². The molecule has 226 valence electrons. The first-order chi connectivity index (χ1) is 20.4. The number of amides is 1. The summed E-state index contributed by atoms with van der Waals surface area (Å²) < 4.78 is 0. The van der Waals surface area contributed by atoms with E-state index in [2.05, 4.69) is 62.1 Å². The summed E-state index contributed by atoms with van der Waals surface area (Å²) >= 11 is 0. The maximum absolute atomic E-state index is 13.8. The number of carboxylic acids is 1. The molecule has 3 aromatic rings. The van der Waals surface area contributed by atoms with Gasteiger partial charge in [0.2, 0.25) is 0 Å². The minimum absolute atomic E-state index is 0.0268. The number of hydrogen-bond acceptors (Lipinski definition) is 3. The van der Waals surface area contributed by atoms with Crippen molar-refractivity contribution in [2.45, 2.75) is 85.1 Å². The number of carbonyl (C=O) groups excluding carboxylic acids is 1. The Bertz CT molecular complexity index is 1200. The summed E-state index contributed by atoms with van der Waals surface area (Å²) in [6.07, 6.45) is 9.41. The Kier molecular flexibility index (Phi) is 14.3. The van der Waals surface area contributed by atoms with Crippen LogP contribution in [0.3, 0.4) is 0 Å². The third-order valence-corrected chi connectivity index (χ3v) is 7.87. The molecular formula is C37H50N2O3. The van der Waals surface area contributed by atoms with Crippen LogP contribution >= 0.6 is 0 Å². The molecule has 0 aromatic heterocycles. The maximum Gasteiger partial charge on any atom is 0.307 e. The number of benzene rings is 3. The summed E-state index contributed by atoms with van der Waals surface area (Å²) in [5.74, 6) is -0.743. The molecular weight excluding hydrogens is 520 g/mol. The lowest BCUT2D eigenvalue weighted by Crippen LogP contribution is -2.39. The van der Waals surface area contributed by atoms with E-state index in [-0.39, 0.29) is 12.3 Å². The molecule has 42 heavy (non-hydrogen) atoms. The van der Waals surface area contributed by atoms with E-state index < -0.39 is 5.97 Å². The van der Waals surface area contributed by atoms with Gasteiger partial charge in [0, 0.05) is 25.2 Å². The van der Waals surface area contributed by atoms with Crippen LogP contribution in [-0.4, -0.2) is 53.0 Å². The van der Waals surface area contributed by atoms with Crippen LogP contribution in [0.15, 0.2) is 72.8 Å². The third-order valence-electron chi connectivity index (χ3n) is 7.87. The monoisotopic (exact) mass is 570 g/mol. The average Bonchev–Trinajstić information content (AvgIpc) is 3.00. The Labute approximate surface area is 253 Å². The Morgan fingerprint density at radius 3 is 1.64 bits per heavy atom. The van der Waals surface area contributed by atoms with Crippen molar-refractivity contribution in [3.05, 3.63) is 95.1 Å². The predicted molar refractivity (Wildman–Crippen MR) is 174 cm³/mol. The highest BCUT2D eigenvalue weighted by Crippen LogP contribution is 2.22. The van der Waals surface area contributed by atoms with Gasteiger partial charge in [-0.3, -0.25) is 9.59 Å². The Hall–Kier alpha value is -3.44. The van der Waals surface area contributed by atoms with Crippen molar-refractivity contribution >= 4 is 11.9 Å². The van der Waals surface area contributed by atoms with Gasteiger partial charge >= 0.3 is 5.97 Å². The summed E-state index contributed by atoms with van der Waals surface area (Å²) in [6, 6.07) is 24.3. The highest BCUT2D eigenvalue weighted by molar-refractivity contribution is 5.94. The highest BCUT2D eigenvalue weighted by atomic mass is 16.4. The Balaban J connectivity index is 1.75. The van der Waals surface area contributed by atoms with E-state index >= 15 is 0 Å². The molecule has 0 aliphatic heterocycles. The second-order valence-electron chi connectivity index (χ2n) is 11.4. The summed E-state index contributed by atoms with van der Waals surface area (Å²) in [7, 11) is 0. The van der Waals surface area contributed by atoms with Crippen molar-refractivity contribution < 1.29 is 14.7 Å². The first-order valence-electron chi connectivity index (χ1n) is 15.9. The molecule has 0 aliphatic rings. The number of carboxylic acid groups (broad SMARTS) is 1. The molecule has 0 spiro atoms. The topological polar surface area (TPSA) is 60.9 Å². The van der Waals surface area contributed by atoms with Gasteiger partial charge in [-0.15, -0.1) is 0 Å². The molecule has 0 fully saturated rings. The van der Waals surface area contributed by atoms with Crippen LogP contribution in [0.5, 0.6) is 0 Å². The number of nitrogens with zero attached hydrogens (tertiary/aromatic N) is 2. The van der Waals surface area contributed by atoms with E-state index in [1.165, 1.54) is 50.5 Å². The minimum atomic E-state index is -0.826. The van der Waals surface area contributed by atoms with Gasteiger partial charge in [0.25, 0.3) is 5.91 Å². The summed E-state index contributed by atoms with van der Waals surface area (Å²) in [5.41, 5.74) is 6.05. The quantitative estimate of drug-likeness (QED) is 0.147. The lowest BCUT2D eigenvalue weighted by molar-refractivity contribution is -0.136. The van der Waals surface area contributed by atoms with Gasteiger partial charge in [0.15, 0.2) is 0 Å². The van der Waals surface area contributed by atoms with Crippen molar-refractivity contribution in [2.75, 3.05) is 26.2 Å². The zero-order valence-corrected chi connectivity index (χ0v) is 26.0. The smallest absolute Gasteiger partial charge is 0.307 e. The zero-order chi connectivity index (χ0) is 30.2. The number of rotatable bonds is 19. The first kappa shape index (κ1) is 33.1. The standard InChI is InChI=1S/C37H50N2O3/c1-4-7-10-11-30-12-22-35(23-13-30)37(42)39(27-26-38(24-8-5-2)25-9-6-3)29-32-16-20-34(21-17-32)33-18-14-31(15-19-33)28-36(40)41/h12-23H,4-11,24-29H2,1-3H3,(H,40,41). The van der Waals surface area contributed by atoms with Crippen molar-refractivity contribution in [1.29, 1.82) is 0 Å². The molecule has 0 saturated carbocycles. The van der Waals surface area contributed by atoms with E-state index in [4.69, 9.17) is 5.11 Å². The van der Waals surface area contributed by atoms with Crippen LogP contribution in [0.25, 0.3) is 11.1 Å². The molecule has 0 atom stereocenters. The van der Waals surface area contributed by atoms with Gasteiger partial charge in [-0.05, 0) is 78.7 Å². The van der Waals surface area contributed by atoms with Crippen molar-refractivity contribution in [2.24, 2.45) is 0 Å². The van der Waals surface area contributed by atoms with Crippen LogP contribution in [0.2, 0.25) is 0 Å². The summed E-state index contributed by atoms with van der Waals surface area (Å²) in [6.45, 7) is 11.0. The van der Waals surface area contributed by atoms with Crippen LogP contribution < -0.4 is 0 Å². The molecule has 5 nitrogen and oxygen atoms in total. The van der Waals surface area contributed by atoms with E-state index in [0.717, 1.165) is 53.9 Å². The van der Waals surface area contributed by atoms with Gasteiger partial charge in [-0.1, -0.05) is 107 Å². The zero-order valence-electron chi connectivity index (χ0n) is 26.0. The SMILES string of the molecule is CCCCCc1ccc(C(=O)N(CCN(CCCC)CCCC)Cc2ccc(-c3ccc(CC(=O)O)cc3)cc2)cc1. The fourth-order valence-corrected chi connectivity index (χ4v) is 5.20. The highest BCUT2D eigenvalue weighted by Gasteiger charge is 2.18. The molecule has 0 unspecified atom stereocenters. The van der Waals surface area contributed by atoms with Gasteiger partial charge < -0.3 is 14.9 Å². The molecule has 0 radical (unpaired) electrons. The fourth-order valence-electron chi connectivity index (χ4n) is 5.20. The van der Waals surface area contributed by atoms with Gasteiger partial charge in [-0.25, -0.2) is 0 Å². The molecule has 3 aromatic carbocycles. The van der Waals surface area contributed by atoms with Crippen LogP contribution in [0.1, 0.15) is 92.8 Å². The molecule has 1 N–H and O–H groups in total. The summed E-state index contributed by atoms with van der Waals surface area (Å²) in [4.78, 5) is 29.3. The maximum atomic E-state index is 13.8. The van der Waals surface area contributed by atoms with Crippen molar-refractivity contribution in [3.8, 4) is 11.1 Å². The molecule has 1 amide bonds. The predicted octanol–water partition coefficient (Wildman–Crippen LogP) is 8.26. The van der Waals surface area contributed by atoms with Crippen LogP contribution in [-0.2, 0) is 24.2 Å². The van der Waals surface area contributed by atoms with Crippen LogP contribution in [0.4, 0.5) is 0 Å². The molecule has 0 heterocycles. The molecule has 0 bridgehead atoms. The number of carbonyl (C=O) groups is 2. The number of aryl methyl sites for hydroxylation is 1. The minimum Gasteiger partial charge on any atom is -0.481 e. The van der Waals surface area contributed by atoms with Gasteiger partial charge in [0.05, 0.1) is 6.42 Å². The third kappa shape index (κ3) is 11.1.